The van der Waals surface area contributed by atoms with Crippen molar-refractivity contribution in [3.05, 3.63) is 40.3 Å². The topological polar surface area (TPSA) is 64.0 Å². The molecule has 0 bridgehead atoms. The maximum atomic E-state index is 13.1. The number of carbonyl (C=O) groups is 1. The number of alkyl halides is 3. The van der Waals surface area contributed by atoms with Crippen molar-refractivity contribution in [1.29, 1.82) is 0 Å². The van der Waals surface area contributed by atoms with E-state index in [-0.39, 0.29) is 11.0 Å². The second kappa shape index (κ2) is 7.02. The molecule has 1 aromatic carbocycles. The third-order valence-electron chi connectivity index (χ3n) is 3.66. The molecule has 1 heterocycles. The molecule has 0 fully saturated rings. The Hall–Kier alpha value is -2.38. The Labute approximate surface area is 136 Å². The molecule has 5 nitrogen and oxygen atoms in total. The first-order valence-electron chi connectivity index (χ1n) is 7.63. The predicted molar refractivity (Wildman–Crippen MR) is 83.6 cm³/mol. The Balaban J connectivity index is 2.57. The second-order valence-corrected chi connectivity index (χ2v) is 5.44. The summed E-state index contributed by atoms with van der Waals surface area (Å²) < 4.78 is 40.1. The highest BCUT2D eigenvalue weighted by Gasteiger charge is 2.38. The van der Waals surface area contributed by atoms with Gasteiger partial charge in [0.15, 0.2) is 0 Å². The van der Waals surface area contributed by atoms with E-state index in [4.69, 9.17) is 0 Å². The molecular formula is C16H18F3N3O2. The van der Waals surface area contributed by atoms with E-state index >= 15 is 0 Å². The van der Waals surface area contributed by atoms with E-state index in [1.807, 2.05) is 6.92 Å². The number of hydrogen-bond donors (Lipinski definition) is 1. The molecule has 1 aromatic heterocycles. The summed E-state index contributed by atoms with van der Waals surface area (Å²) in [7, 11) is 0. The molecular weight excluding hydrogens is 323 g/mol. The summed E-state index contributed by atoms with van der Waals surface area (Å²) in [6.07, 6.45) is -3.27. The molecule has 0 unspecified atom stereocenters. The van der Waals surface area contributed by atoms with Crippen LogP contribution in [-0.2, 0) is 11.0 Å². The molecule has 1 N–H and O–H groups in total. The molecule has 0 saturated heterocycles. The SMILES string of the molecule is CCCCNC(=O)[C@@H](C)n1c(=O)c(C(F)(F)F)nc2ccccc21. The lowest BCUT2D eigenvalue weighted by Gasteiger charge is -2.19. The molecule has 0 spiro atoms. The van der Waals surface area contributed by atoms with Gasteiger partial charge in [0.05, 0.1) is 11.0 Å². The number of benzene rings is 1. The van der Waals surface area contributed by atoms with Crippen molar-refractivity contribution in [2.24, 2.45) is 0 Å². The van der Waals surface area contributed by atoms with Gasteiger partial charge in [-0.05, 0) is 25.5 Å². The fraction of sp³-hybridized carbons (Fsp3) is 0.438. The number of nitrogens with one attached hydrogen (secondary N) is 1. The second-order valence-electron chi connectivity index (χ2n) is 5.44. The molecule has 130 valence electrons. The third-order valence-corrected chi connectivity index (χ3v) is 3.66. The van der Waals surface area contributed by atoms with Crippen LogP contribution < -0.4 is 10.9 Å². The van der Waals surface area contributed by atoms with Gasteiger partial charge < -0.3 is 5.32 Å². The zero-order chi connectivity index (χ0) is 17.9. The van der Waals surface area contributed by atoms with E-state index in [0.717, 1.165) is 17.4 Å². The van der Waals surface area contributed by atoms with Gasteiger partial charge in [-0.15, -0.1) is 0 Å². The predicted octanol–water partition coefficient (Wildman–Crippen LogP) is 2.89. The van der Waals surface area contributed by atoms with Gasteiger partial charge in [-0.2, -0.15) is 13.2 Å². The summed E-state index contributed by atoms with van der Waals surface area (Å²) in [6, 6.07) is 4.87. The molecule has 0 radical (unpaired) electrons. The van der Waals surface area contributed by atoms with Gasteiger partial charge in [0, 0.05) is 6.54 Å². The zero-order valence-electron chi connectivity index (χ0n) is 13.4. The summed E-state index contributed by atoms with van der Waals surface area (Å²) >= 11 is 0. The largest absolute Gasteiger partial charge is 0.438 e. The number of nitrogens with zero attached hydrogens (tertiary/aromatic N) is 2. The minimum atomic E-state index is -4.89. The monoisotopic (exact) mass is 341 g/mol. The van der Waals surface area contributed by atoms with Gasteiger partial charge in [-0.25, -0.2) is 4.98 Å². The number of amides is 1. The first-order chi connectivity index (χ1) is 11.3. The quantitative estimate of drug-likeness (QED) is 0.851. The number of aromatic nitrogens is 2. The molecule has 2 aromatic rings. The van der Waals surface area contributed by atoms with Crippen LogP contribution in [0.25, 0.3) is 11.0 Å². The van der Waals surface area contributed by atoms with Crippen LogP contribution in [0, 0.1) is 0 Å². The smallest absolute Gasteiger partial charge is 0.354 e. The highest BCUT2D eigenvalue weighted by molar-refractivity contribution is 5.83. The summed E-state index contributed by atoms with van der Waals surface area (Å²) in [5.41, 5.74) is -2.64. The molecule has 0 aliphatic rings. The minimum Gasteiger partial charge on any atom is -0.354 e. The van der Waals surface area contributed by atoms with Gasteiger partial charge >= 0.3 is 6.18 Å². The van der Waals surface area contributed by atoms with Crippen LogP contribution in [0.2, 0.25) is 0 Å². The highest BCUT2D eigenvalue weighted by atomic mass is 19.4. The van der Waals surface area contributed by atoms with Crippen molar-refractivity contribution in [2.75, 3.05) is 6.54 Å². The van der Waals surface area contributed by atoms with E-state index in [9.17, 15) is 22.8 Å². The van der Waals surface area contributed by atoms with Crippen molar-refractivity contribution in [3.63, 3.8) is 0 Å². The third kappa shape index (κ3) is 3.58. The van der Waals surface area contributed by atoms with Gasteiger partial charge in [0.1, 0.15) is 6.04 Å². The Kier molecular flexibility index (Phi) is 5.26. The molecule has 0 saturated carbocycles. The minimum absolute atomic E-state index is 0.0117. The lowest BCUT2D eigenvalue weighted by molar-refractivity contribution is -0.142. The Morgan fingerprint density at radius 1 is 1.33 bits per heavy atom. The maximum absolute atomic E-state index is 13.1. The number of hydrogen-bond acceptors (Lipinski definition) is 3. The van der Waals surface area contributed by atoms with Crippen molar-refractivity contribution >= 4 is 16.9 Å². The lowest BCUT2D eigenvalue weighted by Crippen LogP contribution is -2.39. The van der Waals surface area contributed by atoms with E-state index in [1.165, 1.54) is 25.1 Å². The number of carbonyl (C=O) groups excluding carboxylic acids is 1. The number of halogens is 3. The van der Waals surface area contributed by atoms with E-state index < -0.39 is 29.4 Å². The van der Waals surface area contributed by atoms with Crippen molar-refractivity contribution in [3.8, 4) is 0 Å². The average molecular weight is 341 g/mol. The fourth-order valence-corrected chi connectivity index (χ4v) is 2.38. The number of para-hydroxylation sites is 2. The van der Waals surface area contributed by atoms with Crippen LogP contribution in [0.1, 0.15) is 38.4 Å². The Morgan fingerprint density at radius 3 is 2.62 bits per heavy atom. The number of fused-ring (bicyclic) bond motifs is 1. The fourth-order valence-electron chi connectivity index (χ4n) is 2.38. The highest BCUT2D eigenvalue weighted by Crippen LogP contribution is 2.27. The van der Waals surface area contributed by atoms with Gasteiger partial charge in [0.25, 0.3) is 5.56 Å². The van der Waals surface area contributed by atoms with Gasteiger partial charge in [-0.1, -0.05) is 25.5 Å². The van der Waals surface area contributed by atoms with Crippen LogP contribution in [-0.4, -0.2) is 22.0 Å². The standard InChI is InChI=1S/C16H18F3N3O2/c1-3-4-9-20-14(23)10(2)22-12-8-6-5-7-11(12)21-13(15(22)24)16(17,18)19/h5-8,10H,3-4,9H2,1-2H3,(H,20,23)/t10-/m1/s1. The van der Waals surface area contributed by atoms with Gasteiger partial charge in [-0.3, -0.25) is 14.2 Å². The molecule has 0 aliphatic heterocycles. The lowest BCUT2D eigenvalue weighted by atomic mass is 10.2. The van der Waals surface area contributed by atoms with Crippen molar-refractivity contribution < 1.29 is 18.0 Å². The summed E-state index contributed by atoms with van der Waals surface area (Å²) in [5.74, 6) is -0.505. The normalized spacial score (nSPS) is 13.0. The Morgan fingerprint density at radius 2 is 2.00 bits per heavy atom. The number of rotatable bonds is 5. The summed E-state index contributed by atoms with van der Waals surface area (Å²) in [4.78, 5) is 27.9. The van der Waals surface area contributed by atoms with Crippen LogP contribution in [0.15, 0.2) is 29.1 Å². The van der Waals surface area contributed by atoms with E-state index in [2.05, 4.69) is 10.3 Å². The molecule has 1 amide bonds. The number of unbranched alkanes of at least 4 members (excludes halogenated alkanes) is 1. The van der Waals surface area contributed by atoms with Crippen LogP contribution in [0.5, 0.6) is 0 Å². The van der Waals surface area contributed by atoms with Crippen molar-refractivity contribution in [2.45, 2.75) is 38.9 Å². The summed E-state index contributed by atoms with van der Waals surface area (Å²) in [6.45, 7) is 3.75. The zero-order valence-corrected chi connectivity index (χ0v) is 13.4. The van der Waals surface area contributed by atoms with Gasteiger partial charge in [0.2, 0.25) is 11.6 Å². The van der Waals surface area contributed by atoms with Crippen LogP contribution in [0.4, 0.5) is 13.2 Å². The first kappa shape index (κ1) is 18.0. The van der Waals surface area contributed by atoms with Crippen LogP contribution >= 0.6 is 0 Å². The first-order valence-corrected chi connectivity index (χ1v) is 7.63. The molecule has 1 atom stereocenters. The molecule has 2 rings (SSSR count). The van der Waals surface area contributed by atoms with E-state index in [1.54, 1.807) is 6.07 Å². The molecule has 24 heavy (non-hydrogen) atoms. The van der Waals surface area contributed by atoms with Crippen LogP contribution in [0.3, 0.4) is 0 Å². The molecule has 8 heteroatoms. The average Bonchev–Trinajstić information content (AvgIpc) is 2.52. The van der Waals surface area contributed by atoms with E-state index in [0.29, 0.717) is 6.54 Å². The maximum Gasteiger partial charge on any atom is 0.438 e. The molecule has 0 aliphatic carbocycles. The Bertz CT molecular complexity index is 799. The summed E-state index contributed by atoms with van der Waals surface area (Å²) in [5, 5.41) is 2.63. The van der Waals surface area contributed by atoms with Crippen molar-refractivity contribution in [1.82, 2.24) is 14.9 Å².